The van der Waals surface area contributed by atoms with Crippen LogP contribution in [0.2, 0.25) is 0 Å². The minimum Gasteiger partial charge on any atom is -0.326 e. The van der Waals surface area contributed by atoms with Crippen LogP contribution in [0.4, 0.5) is 11.4 Å². The van der Waals surface area contributed by atoms with E-state index in [0.717, 1.165) is 37.3 Å². The van der Waals surface area contributed by atoms with Crippen molar-refractivity contribution in [1.29, 1.82) is 0 Å². The Kier molecular flexibility index (Phi) is 5.51. The van der Waals surface area contributed by atoms with Crippen molar-refractivity contribution in [2.24, 2.45) is 17.8 Å². The molecule has 0 radical (unpaired) electrons. The molecule has 1 saturated carbocycles. The standard InChI is InChI=1S/C19H27N3O2/c1-13(15-4-3-9-20-12-15)10-18(23)21-16-5-2-6-17(11-16)22-19(24)14-7-8-14/h2,5-6,11,13-15,20H,3-4,7-10,12H2,1H3,(H,21,23)(H,22,24). The fraction of sp³-hybridized carbons (Fsp3) is 0.579. The molecule has 3 rings (SSSR count). The first-order chi connectivity index (χ1) is 11.6. The monoisotopic (exact) mass is 329 g/mol. The third-order valence-electron chi connectivity index (χ3n) is 5.01. The predicted octanol–water partition coefficient (Wildman–Crippen LogP) is 3.00. The van der Waals surface area contributed by atoms with E-state index in [-0.39, 0.29) is 17.7 Å². The van der Waals surface area contributed by atoms with Crippen molar-refractivity contribution in [2.45, 2.75) is 39.0 Å². The molecular formula is C19H27N3O2. The lowest BCUT2D eigenvalue weighted by atomic mass is 9.85. The maximum atomic E-state index is 12.3. The first-order valence-electron chi connectivity index (χ1n) is 9.03. The van der Waals surface area contributed by atoms with Gasteiger partial charge in [0.1, 0.15) is 0 Å². The lowest BCUT2D eigenvalue weighted by Gasteiger charge is -2.28. The molecule has 2 unspecified atom stereocenters. The normalized spacial score (nSPS) is 21.8. The summed E-state index contributed by atoms with van der Waals surface area (Å²) in [7, 11) is 0. The lowest BCUT2D eigenvalue weighted by molar-refractivity contribution is -0.118. The van der Waals surface area contributed by atoms with E-state index in [4.69, 9.17) is 0 Å². The van der Waals surface area contributed by atoms with Gasteiger partial charge in [-0.05, 0) is 68.8 Å². The maximum Gasteiger partial charge on any atom is 0.227 e. The molecule has 1 aromatic carbocycles. The van der Waals surface area contributed by atoms with Crippen LogP contribution in [-0.2, 0) is 9.59 Å². The molecule has 3 N–H and O–H groups in total. The third kappa shape index (κ3) is 4.81. The average molecular weight is 329 g/mol. The molecule has 1 saturated heterocycles. The second kappa shape index (κ2) is 7.79. The number of hydrogen-bond acceptors (Lipinski definition) is 3. The first-order valence-corrected chi connectivity index (χ1v) is 9.03. The molecule has 2 fully saturated rings. The number of nitrogens with one attached hydrogen (secondary N) is 3. The van der Waals surface area contributed by atoms with Crippen LogP contribution in [0, 0.1) is 17.8 Å². The van der Waals surface area contributed by atoms with Gasteiger partial charge in [0.05, 0.1) is 0 Å². The summed E-state index contributed by atoms with van der Waals surface area (Å²) in [5, 5.41) is 9.28. The Morgan fingerprint density at radius 2 is 1.96 bits per heavy atom. The van der Waals surface area contributed by atoms with Crippen LogP contribution < -0.4 is 16.0 Å². The maximum absolute atomic E-state index is 12.3. The van der Waals surface area contributed by atoms with Crippen molar-refractivity contribution in [3.05, 3.63) is 24.3 Å². The van der Waals surface area contributed by atoms with Gasteiger partial charge in [0.25, 0.3) is 0 Å². The SMILES string of the molecule is CC(CC(=O)Nc1cccc(NC(=O)C2CC2)c1)C1CCCNC1. The van der Waals surface area contributed by atoms with E-state index in [2.05, 4.69) is 22.9 Å². The fourth-order valence-corrected chi connectivity index (χ4v) is 3.30. The topological polar surface area (TPSA) is 70.2 Å². The predicted molar refractivity (Wildman–Crippen MR) is 95.8 cm³/mol. The van der Waals surface area contributed by atoms with E-state index < -0.39 is 0 Å². The molecule has 2 atom stereocenters. The van der Waals surface area contributed by atoms with Gasteiger partial charge in [0, 0.05) is 23.7 Å². The van der Waals surface area contributed by atoms with Crippen molar-refractivity contribution >= 4 is 23.2 Å². The Labute approximate surface area is 143 Å². The molecule has 130 valence electrons. The summed E-state index contributed by atoms with van der Waals surface area (Å²) in [5.41, 5.74) is 1.48. The number of carbonyl (C=O) groups excluding carboxylic acids is 2. The van der Waals surface area contributed by atoms with Gasteiger partial charge < -0.3 is 16.0 Å². The molecule has 2 amide bonds. The minimum atomic E-state index is 0.0405. The number of anilines is 2. The molecule has 24 heavy (non-hydrogen) atoms. The van der Waals surface area contributed by atoms with Crippen molar-refractivity contribution in [1.82, 2.24) is 5.32 Å². The molecule has 1 aliphatic carbocycles. The highest BCUT2D eigenvalue weighted by Gasteiger charge is 2.29. The molecule has 1 heterocycles. The summed E-state index contributed by atoms with van der Waals surface area (Å²) >= 11 is 0. The van der Waals surface area contributed by atoms with Crippen LogP contribution in [0.1, 0.15) is 39.0 Å². The van der Waals surface area contributed by atoms with Gasteiger partial charge in [-0.2, -0.15) is 0 Å². The Morgan fingerprint density at radius 1 is 1.21 bits per heavy atom. The molecule has 0 spiro atoms. The van der Waals surface area contributed by atoms with E-state index >= 15 is 0 Å². The van der Waals surface area contributed by atoms with Crippen LogP contribution in [0.3, 0.4) is 0 Å². The Morgan fingerprint density at radius 3 is 2.62 bits per heavy atom. The zero-order valence-electron chi connectivity index (χ0n) is 14.3. The van der Waals surface area contributed by atoms with Gasteiger partial charge in [0.2, 0.25) is 11.8 Å². The summed E-state index contributed by atoms with van der Waals surface area (Å²) in [6.07, 6.45) is 4.89. The van der Waals surface area contributed by atoms with E-state index in [0.29, 0.717) is 18.3 Å². The van der Waals surface area contributed by atoms with Crippen molar-refractivity contribution < 1.29 is 9.59 Å². The van der Waals surface area contributed by atoms with Crippen LogP contribution in [0.25, 0.3) is 0 Å². The zero-order valence-corrected chi connectivity index (χ0v) is 14.3. The summed E-state index contributed by atoms with van der Waals surface area (Å²) in [4.78, 5) is 24.1. The summed E-state index contributed by atoms with van der Waals surface area (Å²) in [5.74, 6) is 1.24. The molecule has 5 heteroatoms. The van der Waals surface area contributed by atoms with E-state index in [1.165, 1.54) is 12.8 Å². The van der Waals surface area contributed by atoms with E-state index in [9.17, 15) is 9.59 Å². The second-order valence-electron chi connectivity index (χ2n) is 7.18. The van der Waals surface area contributed by atoms with Crippen molar-refractivity contribution in [3.8, 4) is 0 Å². The molecule has 5 nitrogen and oxygen atoms in total. The molecule has 0 bridgehead atoms. The fourth-order valence-electron chi connectivity index (χ4n) is 3.30. The van der Waals surface area contributed by atoms with Crippen molar-refractivity contribution in [3.63, 3.8) is 0 Å². The third-order valence-corrected chi connectivity index (χ3v) is 5.01. The molecule has 1 aliphatic heterocycles. The summed E-state index contributed by atoms with van der Waals surface area (Å²) in [6, 6.07) is 7.39. The van der Waals surface area contributed by atoms with Crippen LogP contribution in [0.5, 0.6) is 0 Å². The second-order valence-corrected chi connectivity index (χ2v) is 7.18. The van der Waals surface area contributed by atoms with Gasteiger partial charge in [0.15, 0.2) is 0 Å². The number of piperidine rings is 1. The Hall–Kier alpha value is -1.88. The van der Waals surface area contributed by atoms with E-state index in [1.807, 2.05) is 24.3 Å². The first kappa shape index (κ1) is 17.0. The van der Waals surface area contributed by atoms with Gasteiger partial charge in [-0.25, -0.2) is 0 Å². The number of hydrogen-bond donors (Lipinski definition) is 3. The van der Waals surface area contributed by atoms with Crippen LogP contribution in [-0.4, -0.2) is 24.9 Å². The van der Waals surface area contributed by atoms with Crippen LogP contribution >= 0.6 is 0 Å². The van der Waals surface area contributed by atoms with Crippen molar-refractivity contribution in [2.75, 3.05) is 23.7 Å². The van der Waals surface area contributed by atoms with Gasteiger partial charge in [-0.3, -0.25) is 9.59 Å². The molecule has 0 aromatic heterocycles. The number of amides is 2. The van der Waals surface area contributed by atoms with E-state index in [1.54, 1.807) is 0 Å². The largest absolute Gasteiger partial charge is 0.326 e. The minimum absolute atomic E-state index is 0.0405. The number of benzene rings is 1. The number of carbonyl (C=O) groups is 2. The highest BCUT2D eigenvalue weighted by atomic mass is 16.2. The Bertz CT molecular complexity index is 592. The zero-order chi connectivity index (χ0) is 16.9. The quantitative estimate of drug-likeness (QED) is 0.751. The highest BCUT2D eigenvalue weighted by molar-refractivity contribution is 5.95. The van der Waals surface area contributed by atoms with Gasteiger partial charge >= 0.3 is 0 Å². The molecule has 1 aromatic rings. The molecular weight excluding hydrogens is 302 g/mol. The highest BCUT2D eigenvalue weighted by Crippen LogP contribution is 2.30. The summed E-state index contributed by atoms with van der Waals surface area (Å²) in [6.45, 7) is 4.26. The number of rotatable bonds is 6. The average Bonchev–Trinajstić information content (AvgIpc) is 3.41. The van der Waals surface area contributed by atoms with Gasteiger partial charge in [-0.15, -0.1) is 0 Å². The molecule has 2 aliphatic rings. The van der Waals surface area contributed by atoms with Crippen LogP contribution in [0.15, 0.2) is 24.3 Å². The Balaban J connectivity index is 1.50. The smallest absolute Gasteiger partial charge is 0.227 e. The lowest BCUT2D eigenvalue weighted by Crippen LogP contribution is -2.34. The van der Waals surface area contributed by atoms with Gasteiger partial charge in [-0.1, -0.05) is 13.0 Å². The summed E-state index contributed by atoms with van der Waals surface area (Å²) < 4.78 is 0.